The van der Waals surface area contributed by atoms with Crippen molar-refractivity contribution in [1.29, 1.82) is 0 Å². The fourth-order valence-corrected chi connectivity index (χ4v) is 2.44. The van der Waals surface area contributed by atoms with Crippen molar-refractivity contribution >= 4 is 0 Å². The van der Waals surface area contributed by atoms with Crippen LogP contribution in [0.15, 0.2) is 36.7 Å². The molecule has 0 saturated heterocycles. The summed E-state index contributed by atoms with van der Waals surface area (Å²) in [6.07, 6.45) is -3.10. The number of hydrogen-bond acceptors (Lipinski definition) is 3. The molecule has 2 aromatic rings. The Bertz CT molecular complexity index is 670. The Hall–Kier alpha value is -2.08. The van der Waals surface area contributed by atoms with Gasteiger partial charge in [-0.1, -0.05) is 6.07 Å². The summed E-state index contributed by atoms with van der Waals surface area (Å²) in [7, 11) is 0. The molecule has 0 amide bonds. The first kappa shape index (κ1) is 13.9. The molecule has 0 saturated carbocycles. The van der Waals surface area contributed by atoms with Crippen molar-refractivity contribution in [3.05, 3.63) is 58.9 Å². The minimum absolute atomic E-state index is 0.246. The smallest absolute Gasteiger partial charge is 0.416 e. The molecule has 1 aliphatic rings. The highest BCUT2D eigenvalue weighted by Crippen LogP contribution is 2.37. The zero-order valence-corrected chi connectivity index (χ0v) is 10.9. The first-order valence-corrected chi connectivity index (χ1v) is 6.41. The number of rotatable bonds is 2. The summed E-state index contributed by atoms with van der Waals surface area (Å²) in [4.78, 5) is 3.69. The van der Waals surface area contributed by atoms with Gasteiger partial charge in [-0.2, -0.15) is 13.2 Å². The van der Waals surface area contributed by atoms with Crippen LogP contribution in [0, 0.1) is 0 Å². The van der Waals surface area contributed by atoms with Crippen molar-refractivity contribution in [3.8, 4) is 5.75 Å². The lowest BCUT2D eigenvalue weighted by Crippen LogP contribution is -2.13. The second-order valence-electron chi connectivity index (χ2n) is 4.83. The first-order valence-electron chi connectivity index (χ1n) is 6.41. The molecule has 0 radical (unpaired) electrons. The largest absolute Gasteiger partial charge is 0.493 e. The standard InChI is InChI=1S/C15H12F3NO2/c16-15(17,18)12-3-5-19-8-11(12)14(20)10-1-2-13-9(7-10)4-6-21-13/h1-3,5,7-8,14,20H,4,6H2. The van der Waals surface area contributed by atoms with E-state index in [-0.39, 0.29) is 5.56 Å². The van der Waals surface area contributed by atoms with Gasteiger partial charge in [0, 0.05) is 24.4 Å². The van der Waals surface area contributed by atoms with E-state index in [1.54, 1.807) is 18.2 Å². The van der Waals surface area contributed by atoms with Gasteiger partial charge in [-0.3, -0.25) is 4.98 Å². The number of aromatic nitrogens is 1. The van der Waals surface area contributed by atoms with Gasteiger partial charge in [0.1, 0.15) is 11.9 Å². The summed E-state index contributed by atoms with van der Waals surface area (Å²) in [5.74, 6) is 0.716. The van der Waals surface area contributed by atoms with Crippen LogP contribution in [0.4, 0.5) is 13.2 Å². The number of aliphatic hydroxyl groups is 1. The summed E-state index contributed by atoms with van der Waals surface area (Å²) in [6.45, 7) is 0.551. The maximum atomic E-state index is 13.0. The Balaban J connectivity index is 2.01. The number of halogens is 3. The van der Waals surface area contributed by atoms with E-state index >= 15 is 0 Å². The number of pyridine rings is 1. The monoisotopic (exact) mass is 295 g/mol. The van der Waals surface area contributed by atoms with Crippen LogP contribution < -0.4 is 4.74 Å². The van der Waals surface area contributed by atoms with Gasteiger partial charge in [-0.15, -0.1) is 0 Å². The van der Waals surface area contributed by atoms with Crippen LogP contribution >= 0.6 is 0 Å². The van der Waals surface area contributed by atoms with E-state index in [2.05, 4.69) is 4.98 Å². The first-order chi connectivity index (χ1) is 9.97. The van der Waals surface area contributed by atoms with Gasteiger partial charge in [0.05, 0.1) is 12.2 Å². The maximum Gasteiger partial charge on any atom is 0.416 e. The Morgan fingerprint density at radius 1 is 1.24 bits per heavy atom. The topological polar surface area (TPSA) is 42.4 Å². The molecule has 2 heterocycles. The van der Waals surface area contributed by atoms with Gasteiger partial charge < -0.3 is 9.84 Å². The fraction of sp³-hybridized carbons (Fsp3) is 0.267. The highest BCUT2D eigenvalue weighted by molar-refractivity contribution is 5.43. The molecule has 3 nitrogen and oxygen atoms in total. The Morgan fingerprint density at radius 2 is 2.05 bits per heavy atom. The fourth-order valence-electron chi connectivity index (χ4n) is 2.44. The Kier molecular flexibility index (Phi) is 3.33. The van der Waals surface area contributed by atoms with Gasteiger partial charge in [-0.25, -0.2) is 0 Å². The van der Waals surface area contributed by atoms with Crippen molar-refractivity contribution in [2.24, 2.45) is 0 Å². The van der Waals surface area contributed by atoms with Gasteiger partial charge in [-0.05, 0) is 29.3 Å². The van der Waals surface area contributed by atoms with Gasteiger partial charge >= 0.3 is 6.18 Å². The van der Waals surface area contributed by atoms with Gasteiger partial charge in [0.25, 0.3) is 0 Å². The normalized spacial score (nSPS) is 15.4. The molecule has 6 heteroatoms. The molecule has 1 unspecified atom stereocenters. The number of benzene rings is 1. The molecule has 1 aromatic carbocycles. The SMILES string of the molecule is OC(c1ccc2c(c1)CCO2)c1cnccc1C(F)(F)F. The van der Waals surface area contributed by atoms with Crippen LogP contribution in [-0.2, 0) is 12.6 Å². The molecule has 1 atom stereocenters. The number of aliphatic hydroxyl groups excluding tert-OH is 1. The molecule has 0 aliphatic carbocycles. The second-order valence-corrected chi connectivity index (χ2v) is 4.83. The lowest BCUT2D eigenvalue weighted by Gasteiger charge is -2.17. The average Bonchev–Trinajstić information content (AvgIpc) is 2.93. The Morgan fingerprint density at radius 3 is 2.81 bits per heavy atom. The van der Waals surface area contributed by atoms with E-state index < -0.39 is 17.8 Å². The molecular formula is C15H12F3NO2. The molecule has 0 bridgehead atoms. The van der Waals surface area contributed by atoms with E-state index in [4.69, 9.17) is 4.74 Å². The minimum Gasteiger partial charge on any atom is -0.493 e. The van der Waals surface area contributed by atoms with Crippen LogP contribution in [-0.4, -0.2) is 16.7 Å². The van der Waals surface area contributed by atoms with Crippen molar-refractivity contribution in [2.45, 2.75) is 18.7 Å². The average molecular weight is 295 g/mol. The van der Waals surface area contributed by atoms with Crippen LogP contribution in [0.1, 0.15) is 28.4 Å². The molecule has 0 fully saturated rings. The van der Waals surface area contributed by atoms with Gasteiger partial charge in [0.2, 0.25) is 0 Å². The van der Waals surface area contributed by atoms with Crippen molar-refractivity contribution < 1.29 is 23.0 Å². The lowest BCUT2D eigenvalue weighted by atomic mass is 9.96. The predicted molar refractivity (Wildman–Crippen MR) is 68.9 cm³/mol. The number of alkyl halides is 3. The molecule has 1 N–H and O–H groups in total. The molecule has 3 rings (SSSR count). The third kappa shape index (κ3) is 2.58. The lowest BCUT2D eigenvalue weighted by molar-refractivity contribution is -0.139. The maximum absolute atomic E-state index is 13.0. The highest BCUT2D eigenvalue weighted by Gasteiger charge is 2.35. The van der Waals surface area contributed by atoms with E-state index in [1.165, 1.54) is 0 Å². The summed E-state index contributed by atoms with van der Waals surface area (Å²) in [6, 6.07) is 5.79. The van der Waals surface area contributed by atoms with Crippen LogP contribution in [0.5, 0.6) is 5.75 Å². The summed E-state index contributed by atoms with van der Waals surface area (Å²) >= 11 is 0. The third-order valence-electron chi connectivity index (χ3n) is 3.48. The van der Waals surface area contributed by atoms with E-state index in [0.717, 1.165) is 24.0 Å². The third-order valence-corrected chi connectivity index (χ3v) is 3.48. The predicted octanol–water partition coefficient (Wildman–Crippen LogP) is 3.12. The van der Waals surface area contributed by atoms with E-state index in [0.29, 0.717) is 24.3 Å². The van der Waals surface area contributed by atoms with E-state index in [1.807, 2.05) is 0 Å². The van der Waals surface area contributed by atoms with Crippen LogP contribution in [0.25, 0.3) is 0 Å². The van der Waals surface area contributed by atoms with Crippen molar-refractivity contribution in [1.82, 2.24) is 4.98 Å². The van der Waals surface area contributed by atoms with Crippen LogP contribution in [0.2, 0.25) is 0 Å². The second kappa shape index (κ2) is 5.04. The summed E-state index contributed by atoms with van der Waals surface area (Å²) in [5.41, 5.74) is 0.173. The van der Waals surface area contributed by atoms with Crippen molar-refractivity contribution in [3.63, 3.8) is 0 Å². The molecule has 110 valence electrons. The molecule has 21 heavy (non-hydrogen) atoms. The van der Waals surface area contributed by atoms with E-state index in [9.17, 15) is 18.3 Å². The molecule has 0 spiro atoms. The highest BCUT2D eigenvalue weighted by atomic mass is 19.4. The molecule has 1 aliphatic heterocycles. The summed E-state index contributed by atoms with van der Waals surface area (Å²) in [5, 5.41) is 10.3. The van der Waals surface area contributed by atoms with Gasteiger partial charge in [0.15, 0.2) is 0 Å². The molecule has 1 aromatic heterocycles. The zero-order chi connectivity index (χ0) is 15.0. The van der Waals surface area contributed by atoms with Crippen molar-refractivity contribution in [2.75, 3.05) is 6.61 Å². The minimum atomic E-state index is -4.53. The van der Waals surface area contributed by atoms with Crippen LogP contribution in [0.3, 0.4) is 0 Å². The quantitative estimate of drug-likeness (QED) is 0.925. The number of nitrogens with zero attached hydrogens (tertiary/aromatic N) is 1. The molecular weight excluding hydrogens is 283 g/mol. The Labute approximate surface area is 119 Å². The number of hydrogen-bond donors (Lipinski definition) is 1. The number of ether oxygens (including phenoxy) is 1. The zero-order valence-electron chi connectivity index (χ0n) is 10.9. The summed E-state index contributed by atoms with van der Waals surface area (Å²) < 4.78 is 44.3. The number of fused-ring (bicyclic) bond motifs is 1.